The van der Waals surface area contributed by atoms with Crippen LogP contribution in [0.3, 0.4) is 0 Å². The third kappa shape index (κ3) is 5.65. The van der Waals surface area contributed by atoms with Crippen molar-refractivity contribution < 1.29 is 18.3 Å². The number of benzene rings is 1. The van der Waals surface area contributed by atoms with Crippen LogP contribution in [0.4, 0.5) is 13.2 Å². The van der Waals surface area contributed by atoms with Gasteiger partial charge in [-0.1, -0.05) is 38.3 Å². The first-order chi connectivity index (χ1) is 10.8. The van der Waals surface area contributed by atoms with Gasteiger partial charge in [-0.15, -0.1) is 0 Å². The number of nitriles is 1. The molecule has 0 amide bonds. The first-order valence-electron chi connectivity index (χ1n) is 7.65. The third-order valence-corrected chi connectivity index (χ3v) is 3.65. The average Bonchev–Trinajstić information content (AvgIpc) is 2.55. The number of rotatable bonds is 0. The highest BCUT2D eigenvalue weighted by Gasteiger charge is 2.33. The lowest BCUT2D eigenvalue weighted by Gasteiger charge is -2.27. The van der Waals surface area contributed by atoms with Crippen molar-refractivity contribution in [2.24, 2.45) is 0 Å². The van der Waals surface area contributed by atoms with E-state index in [2.05, 4.69) is 17.8 Å². The Morgan fingerprint density at radius 1 is 1.13 bits per heavy atom. The zero-order valence-electron chi connectivity index (χ0n) is 13.2. The van der Waals surface area contributed by atoms with Gasteiger partial charge in [0.2, 0.25) is 0 Å². The molecule has 122 valence electrons. The van der Waals surface area contributed by atoms with E-state index in [9.17, 15) is 18.3 Å². The topological polar surface area (TPSA) is 44.0 Å². The molecule has 0 saturated carbocycles. The maximum Gasteiger partial charge on any atom is 0.416 e. The summed E-state index contributed by atoms with van der Waals surface area (Å²) in [5, 5.41) is 19.1. The molecule has 1 N–H and O–H groups in total. The summed E-state index contributed by atoms with van der Waals surface area (Å²) in [7, 11) is 0. The minimum atomic E-state index is -4.36. The molecule has 2 rings (SSSR count). The number of nitrogens with zero attached hydrogens (tertiary/aromatic N) is 1. The first-order valence-corrected chi connectivity index (χ1v) is 7.65. The Morgan fingerprint density at radius 2 is 1.65 bits per heavy atom. The summed E-state index contributed by atoms with van der Waals surface area (Å²) in [6.07, 6.45) is -2.35. The van der Waals surface area contributed by atoms with E-state index in [0.29, 0.717) is 31.0 Å². The van der Waals surface area contributed by atoms with Gasteiger partial charge in [0.05, 0.1) is 5.56 Å². The van der Waals surface area contributed by atoms with Gasteiger partial charge in [0.1, 0.15) is 5.60 Å². The molecule has 1 fully saturated rings. The highest BCUT2D eigenvalue weighted by molar-refractivity contribution is 6.67. The number of hydrogen-bond acceptors (Lipinski definition) is 2. The predicted molar refractivity (Wildman–Crippen MR) is 84.8 cm³/mol. The SMILES string of the molecule is CC.N#CB1CCC(O)(C#Cc2ccc(C(F)(F)F)cc2)CC1. The second kappa shape index (κ2) is 8.08. The van der Waals surface area contributed by atoms with Crippen LogP contribution in [0.15, 0.2) is 24.3 Å². The number of hydrogen-bond donors (Lipinski definition) is 1. The van der Waals surface area contributed by atoms with E-state index in [1.54, 1.807) is 0 Å². The molecule has 1 aromatic rings. The number of aliphatic hydroxyl groups is 1. The Morgan fingerprint density at radius 3 is 2.09 bits per heavy atom. The van der Waals surface area contributed by atoms with Crippen LogP contribution in [0.1, 0.15) is 37.8 Å². The van der Waals surface area contributed by atoms with Gasteiger partial charge in [-0.2, -0.15) is 13.2 Å². The Kier molecular flexibility index (Phi) is 6.72. The zero-order chi connectivity index (χ0) is 17.5. The molecule has 0 spiro atoms. The van der Waals surface area contributed by atoms with Gasteiger partial charge >= 0.3 is 6.18 Å². The fraction of sp³-hybridized carbons (Fsp3) is 0.471. The van der Waals surface area contributed by atoms with E-state index in [1.165, 1.54) is 12.1 Å². The quantitative estimate of drug-likeness (QED) is 0.576. The predicted octanol–water partition coefficient (Wildman–Crippen LogP) is 4.17. The molecule has 0 unspecified atom stereocenters. The molecule has 23 heavy (non-hydrogen) atoms. The van der Waals surface area contributed by atoms with Crippen LogP contribution in [-0.2, 0) is 6.18 Å². The molecule has 1 aliphatic rings. The summed E-state index contributed by atoms with van der Waals surface area (Å²) in [6.45, 7) is 3.96. The fourth-order valence-electron chi connectivity index (χ4n) is 2.28. The van der Waals surface area contributed by atoms with Crippen LogP contribution >= 0.6 is 0 Å². The van der Waals surface area contributed by atoms with E-state index in [-0.39, 0.29) is 6.71 Å². The molecule has 2 nitrogen and oxygen atoms in total. The van der Waals surface area contributed by atoms with Crippen LogP contribution in [0.25, 0.3) is 0 Å². The second-order valence-electron chi connectivity index (χ2n) is 5.26. The Balaban J connectivity index is 0.00000127. The summed E-state index contributed by atoms with van der Waals surface area (Å²) >= 11 is 0. The lowest BCUT2D eigenvalue weighted by Crippen LogP contribution is -2.34. The molecule has 1 aliphatic heterocycles. The molecule has 0 aromatic heterocycles. The first kappa shape index (κ1) is 19.1. The van der Waals surface area contributed by atoms with Gasteiger partial charge in [0.15, 0.2) is 0 Å². The molecule has 1 saturated heterocycles. The smallest absolute Gasteiger partial charge is 0.378 e. The lowest BCUT2D eigenvalue weighted by molar-refractivity contribution is -0.137. The van der Waals surface area contributed by atoms with Crippen molar-refractivity contribution in [3.63, 3.8) is 0 Å². The molecule has 1 aromatic carbocycles. The Bertz CT molecular complexity index is 600. The highest BCUT2D eigenvalue weighted by atomic mass is 19.4. The monoisotopic (exact) mass is 321 g/mol. The molecule has 6 heteroatoms. The molecule has 0 aliphatic carbocycles. The van der Waals surface area contributed by atoms with Crippen molar-refractivity contribution in [2.75, 3.05) is 0 Å². The summed E-state index contributed by atoms with van der Waals surface area (Å²) in [4.78, 5) is 0. The van der Waals surface area contributed by atoms with Gasteiger partial charge < -0.3 is 5.11 Å². The van der Waals surface area contributed by atoms with Gasteiger partial charge in [0, 0.05) is 11.5 Å². The standard InChI is InChI=1S/C15H13BF3NO.C2H6/c17-15(18,19)13-3-1-12(2-4-13)5-6-14(21)7-9-16(11-20)10-8-14;1-2/h1-4,21H,7-10H2;1-2H3. The fourth-order valence-corrected chi connectivity index (χ4v) is 2.28. The number of alkyl halides is 3. The normalized spacial score (nSPS) is 16.3. The van der Waals surface area contributed by atoms with Crippen molar-refractivity contribution in [3.05, 3.63) is 35.4 Å². The minimum absolute atomic E-state index is 0.0434. The van der Waals surface area contributed by atoms with Crippen LogP contribution in [-0.4, -0.2) is 17.4 Å². The number of halogens is 3. The van der Waals surface area contributed by atoms with E-state index >= 15 is 0 Å². The molecule has 0 radical (unpaired) electrons. The third-order valence-electron chi connectivity index (χ3n) is 3.65. The van der Waals surface area contributed by atoms with Crippen molar-refractivity contribution in [1.82, 2.24) is 0 Å². The Hall–Kier alpha value is -1.92. The van der Waals surface area contributed by atoms with Crippen LogP contribution < -0.4 is 0 Å². The maximum absolute atomic E-state index is 12.4. The second-order valence-corrected chi connectivity index (χ2v) is 5.26. The molecule has 1 heterocycles. The lowest BCUT2D eigenvalue weighted by atomic mass is 9.41. The van der Waals surface area contributed by atoms with E-state index in [4.69, 9.17) is 5.26 Å². The molecular formula is C17H19BF3NO. The van der Waals surface area contributed by atoms with E-state index < -0.39 is 17.3 Å². The summed E-state index contributed by atoms with van der Waals surface area (Å²) < 4.78 is 37.3. The molecule has 0 atom stereocenters. The maximum atomic E-state index is 12.4. The van der Waals surface area contributed by atoms with Crippen molar-refractivity contribution in [1.29, 1.82) is 5.26 Å². The van der Waals surface area contributed by atoms with E-state index in [1.807, 2.05) is 13.8 Å². The van der Waals surface area contributed by atoms with Gasteiger partial charge in [0.25, 0.3) is 6.71 Å². The van der Waals surface area contributed by atoms with Gasteiger partial charge in [-0.05, 0) is 37.1 Å². The summed E-state index contributed by atoms with van der Waals surface area (Å²) in [5.74, 6) is 7.62. The van der Waals surface area contributed by atoms with Gasteiger partial charge in [-0.25, -0.2) is 5.26 Å². The molecular weight excluding hydrogens is 302 g/mol. The van der Waals surface area contributed by atoms with Crippen LogP contribution in [0.5, 0.6) is 0 Å². The minimum Gasteiger partial charge on any atom is -0.378 e. The molecule has 0 bridgehead atoms. The van der Waals surface area contributed by atoms with E-state index in [0.717, 1.165) is 12.1 Å². The van der Waals surface area contributed by atoms with Gasteiger partial charge in [-0.3, -0.25) is 0 Å². The van der Waals surface area contributed by atoms with Crippen molar-refractivity contribution in [3.8, 4) is 17.8 Å². The largest absolute Gasteiger partial charge is 0.416 e. The van der Waals surface area contributed by atoms with Crippen molar-refractivity contribution in [2.45, 2.75) is 51.1 Å². The highest BCUT2D eigenvalue weighted by Crippen LogP contribution is 2.30. The Labute approximate surface area is 135 Å². The van der Waals surface area contributed by atoms with Crippen molar-refractivity contribution >= 4 is 6.71 Å². The van der Waals surface area contributed by atoms with Crippen LogP contribution in [0, 0.1) is 23.1 Å². The average molecular weight is 321 g/mol. The summed E-state index contributed by atoms with van der Waals surface area (Å²) in [5.41, 5.74) is -1.43. The van der Waals surface area contributed by atoms with Crippen LogP contribution in [0.2, 0.25) is 12.6 Å². The summed E-state index contributed by atoms with van der Waals surface area (Å²) in [6, 6.07) is 4.53. The zero-order valence-corrected chi connectivity index (χ0v) is 13.2.